The standard InChI is InChI=1S/C22H29N/c1-17(19-11-6-4-7-12-19)21-15-10-16-22(23(21)3)18(2)20-13-8-5-9-14-20/h4-9,11-14,17-18,21-22H,10,15-16H2,1-3H3. The Morgan fingerprint density at radius 3 is 1.52 bits per heavy atom. The second kappa shape index (κ2) is 7.31. The van der Waals surface area contributed by atoms with Gasteiger partial charge in [0.1, 0.15) is 0 Å². The molecule has 0 bridgehead atoms. The summed E-state index contributed by atoms with van der Waals surface area (Å²) in [7, 11) is 2.34. The number of hydrogen-bond acceptors (Lipinski definition) is 1. The predicted octanol–water partition coefficient (Wildman–Crippen LogP) is 5.45. The minimum Gasteiger partial charge on any atom is -0.299 e. The SMILES string of the molecule is CC(c1ccccc1)C1CCCC(C(C)c2ccccc2)N1C. The summed E-state index contributed by atoms with van der Waals surface area (Å²) in [6.45, 7) is 4.79. The highest BCUT2D eigenvalue weighted by molar-refractivity contribution is 5.23. The molecule has 0 saturated carbocycles. The average Bonchev–Trinajstić information content (AvgIpc) is 2.62. The van der Waals surface area contributed by atoms with E-state index in [4.69, 9.17) is 0 Å². The highest BCUT2D eigenvalue weighted by atomic mass is 15.2. The van der Waals surface area contributed by atoms with Gasteiger partial charge in [-0.25, -0.2) is 0 Å². The number of piperidine rings is 1. The molecular formula is C22H29N. The molecule has 1 heterocycles. The second-order valence-electron chi connectivity index (χ2n) is 7.13. The third-order valence-electron chi connectivity index (χ3n) is 5.85. The lowest BCUT2D eigenvalue weighted by atomic mass is 9.80. The normalized spacial score (nSPS) is 25.0. The van der Waals surface area contributed by atoms with E-state index in [0.717, 1.165) is 0 Å². The van der Waals surface area contributed by atoms with E-state index in [2.05, 4.69) is 86.5 Å². The zero-order valence-corrected chi connectivity index (χ0v) is 14.7. The van der Waals surface area contributed by atoms with Crippen LogP contribution in [0.25, 0.3) is 0 Å². The van der Waals surface area contributed by atoms with Gasteiger partial charge in [0.25, 0.3) is 0 Å². The summed E-state index contributed by atoms with van der Waals surface area (Å²) in [5, 5.41) is 0. The summed E-state index contributed by atoms with van der Waals surface area (Å²) in [6, 6.07) is 23.3. The van der Waals surface area contributed by atoms with Crippen LogP contribution in [0.1, 0.15) is 56.1 Å². The number of rotatable bonds is 4. The molecule has 0 amide bonds. The highest BCUT2D eigenvalue weighted by Gasteiger charge is 2.34. The fourth-order valence-corrected chi connectivity index (χ4v) is 4.35. The smallest absolute Gasteiger partial charge is 0.0161 e. The Morgan fingerprint density at radius 1 is 0.739 bits per heavy atom. The van der Waals surface area contributed by atoms with E-state index in [1.165, 1.54) is 30.4 Å². The number of nitrogens with zero attached hydrogens (tertiary/aromatic N) is 1. The molecule has 4 unspecified atom stereocenters. The van der Waals surface area contributed by atoms with Gasteiger partial charge in [-0.05, 0) is 42.9 Å². The number of benzene rings is 2. The maximum Gasteiger partial charge on any atom is 0.0161 e. The summed E-state index contributed by atoms with van der Waals surface area (Å²) in [6.07, 6.45) is 3.96. The van der Waals surface area contributed by atoms with Crippen molar-refractivity contribution in [2.75, 3.05) is 7.05 Å². The van der Waals surface area contributed by atoms with Gasteiger partial charge < -0.3 is 0 Å². The van der Waals surface area contributed by atoms with E-state index in [1.807, 2.05) is 0 Å². The Morgan fingerprint density at radius 2 is 1.13 bits per heavy atom. The molecule has 3 rings (SSSR count). The van der Waals surface area contributed by atoms with Crippen LogP contribution in [0.15, 0.2) is 60.7 Å². The van der Waals surface area contributed by atoms with Gasteiger partial charge in [0, 0.05) is 12.1 Å². The molecule has 2 aromatic rings. The van der Waals surface area contributed by atoms with Gasteiger partial charge in [0.15, 0.2) is 0 Å². The van der Waals surface area contributed by atoms with E-state index >= 15 is 0 Å². The summed E-state index contributed by atoms with van der Waals surface area (Å²) in [4.78, 5) is 2.67. The van der Waals surface area contributed by atoms with Gasteiger partial charge in [0.05, 0.1) is 0 Å². The van der Waals surface area contributed by atoms with E-state index < -0.39 is 0 Å². The first-order valence-electron chi connectivity index (χ1n) is 9.00. The van der Waals surface area contributed by atoms with E-state index in [9.17, 15) is 0 Å². The highest BCUT2D eigenvalue weighted by Crippen LogP contribution is 2.37. The fraction of sp³-hybridized carbons (Fsp3) is 0.455. The zero-order valence-electron chi connectivity index (χ0n) is 14.7. The second-order valence-corrected chi connectivity index (χ2v) is 7.13. The topological polar surface area (TPSA) is 3.24 Å². The van der Waals surface area contributed by atoms with Gasteiger partial charge in [-0.1, -0.05) is 80.9 Å². The van der Waals surface area contributed by atoms with Gasteiger partial charge in [-0.15, -0.1) is 0 Å². The van der Waals surface area contributed by atoms with Crippen LogP contribution >= 0.6 is 0 Å². The summed E-state index contributed by atoms with van der Waals surface area (Å²) >= 11 is 0. The van der Waals surface area contributed by atoms with Crippen molar-refractivity contribution in [3.05, 3.63) is 71.8 Å². The number of likely N-dealkylation sites (N-methyl/N-ethyl adjacent to an activating group) is 1. The molecule has 0 aromatic heterocycles. The Hall–Kier alpha value is -1.60. The van der Waals surface area contributed by atoms with Crippen LogP contribution < -0.4 is 0 Å². The van der Waals surface area contributed by atoms with Gasteiger partial charge >= 0.3 is 0 Å². The van der Waals surface area contributed by atoms with Crippen LogP contribution in [0.3, 0.4) is 0 Å². The monoisotopic (exact) mass is 307 g/mol. The summed E-state index contributed by atoms with van der Waals surface area (Å²) < 4.78 is 0. The molecule has 1 fully saturated rings. The van der Waals surface area contributed by atoms with Gasteiger partial charge in [-0.3, -0.25) is 4.90 Å². The van der Waals surface area contributed by atoms with Crippen molar-refractivity contribution in [1.82, 2.24) is 4.90 Å². The minimum absolute atomic E-state index is 0.590. The first-order valence-corrected chi connectivity index (χ1v) is 9.00. The Labute approximate surface area is 141 Å². The molecule has 4 atom stereocenters. The fourth-order valence-electron chi connectivity index (χ4n) is 4.35. The molecule has 1 aliphatic rings. The molecular weight excluding hydrogens is 278 g/mol. The van der Waals surface area contributed by atoms with Crippen LogP contribution in [0.4, 0.5) is 0 Å². The van der Waals surface area contributed by atoms with E-state index in [-0.39, 0.29) is 0 Å². The van der Waals surface area contributed by atoms with Crippen molar-refractivity contribution in [3.8, 4) is 0 Å². The summed E-state index contributed by atoms with van der Waals surface area (Å²) in [5.74, 6) is 1.18. The van der Waals surface area contributed by atoms with Crippen molar-refractivity contribution in [3.63, 3.8) is 0 Å². The number of likely N-dealkylation sites (tertiary alicyclic amines) is 1. The van der Waals surface area contributed by atoms with Crippen molar-refractivity contribution in [1.29, 1.82) is 0 Å². The predicted molar refractivity (Wildman–Crippen MR) is 98.9 cm³/mol. The molecule has 0 spiro atoms. The Kier molecular flexibility index (Phi) is 5.17. The molecule has 0 N–H and O–H groups in total. The molecule has 122 valence electrons. The first kappa shape index (κ1) is 16.3. The van der Waals surface area contributed by atoms with Crippen LogP contribution in [0.2, 0.25) is 0 Å². The van der Waals surface area contributed by atoms with Crippen molar-refractivity contribution in [2.24, 2.45) is 0 Å². The zero-order chi connectivity index (χ0) is 16.2. The van der Waals surface area contributed by atoms with Crippen molar-refractivity contribution < 1.29 is 0 Å². The third-order valence-corrected chi connectivity index (χ3v) is 5.85. The lowest BCUT2D eigenvalue weighted by molar-refractivity contribution is 0.0848. The van der Waals surface area contributed by atoms with Crippen molar-refractivity contribution >= 4 is 0 Å². The molecule has 0 radical (unpaired) electrons. The van der Waals surface area contributed by atoms with Crippen LogP contribution in [0.5, 0.6) is 0 Å². The summed E-state index contributed by atoms with van der Waals surface area (Å²) in [5.41, 5.74) is 2.94. The lowest BCUT2D eigenvalue weighted by Crippen LogP contribution is -2.48. The van der Waals surface area contributed by atoms with Crippen LogP contribution in [-0.2, 0) is 0 Å². The lowest BCUT2D eigenvalue weighted by Gasteiger charge is -2.45. The van der Waals surface area contributed by atoms with Gasteiger partial charge in [-0.2, -0.15) is 0 Å². The Bertz CT molecular complexity index is 538. The van der Waals surface area contributed by atoms with Crippen LogP contribution in [-0.4, -0.2) is 24.0 Å². The Balaban J connectivity index is 1.77. The molecule has 23 heavy (non-hydrogen) atoms. The van der Waals surface area contributed by atoms with Crippen molar-refractivity contribution in [2.45, 2.75) is 57.0 Å². The van der Waals surface area contributed by atoms with E-state index in [1.54, 1.807) is 0 Å². The van der Waals surface area contributed by atoms with E-state index in [0.29, 0.717) is 23.9 Å². The maximum absolute atomic E-state index is 2.67. The quantitative estimate of drug-likeness (QED) is 0.726. The maximum atomic E-state index is 2.67. The molecule has 1 nitrogen and oxygen atoms in total. The molecule has 1 saturated heterocycles. The molecule has 0 aliphatic carbocycles. The minimum atomic E-state index is 0.590. The molecule has 1 aliphatic heterocycles. The molecule has 1 heteroatoms. The third kappa shape index (κ3) is 3.50. The average molecular weight is 307 g/mol. The first-order chi connectivity index (χ1) is 11.2. The number of hydrogen-bond donors (Lipinski definition) is 0. The largest absolute Gasteiger partial charge is 0.299 e. The van der Waals surface area contributed by atoms with Gasteiger partial charge in [0.2, 0.25) is 0 Å². The molecule has 2 aromatic carbocycles. The van der Waals surface area contributed by atoms with Crippen LogP contribution in [0, 0.1) is 0 Å².